The van der Waals surface area contributed by atoms with Crippen molar-refractivity contribution in [3.8, 4) is 0 Å². The molecule has 0 spiro atoms. The Morgan fingerprint density at radius 2 is 1.96 bits per heavy atom. The second-order valence-electron chi connectivity index (χ2n) is 9.10. The highest BCUT2D eigenvalue weighted by Crippen LogP contribution is 2.22. The van der Waals surface area contributed by atoms with E-state index in [1.165, 1.54) is 5.69 Å². The first-order chi connectivity index (χ1) is 13.4. The van der Waals surface area contributed by atoms with E-state index < -0.39 is 0 Å². The van der Waals surface area contributed by atoms with Crippen molar-refractivity contribution in [1.29, 1.82) is 0 Å². The van der Waals surface area contributed by atoms with Crippen LogP contribution in [0.4, 0.5) is 0 Å². The molecule has 0 atom stereocenters. The standard InChI is InChI=1S/C21H31N5O2/c1-21(2,3)18-10-20(27)25(15-23-18)12-16-4-6-24(7-5-16)13-17-11-22-19-14-28-9-8-26(17)19/h10-11,15-16H,4-9,12-14H2,1-3H3. The van der Waals surface area contributed by atoms with Gasteiger partial charge in [-0.1, -0.05) is 20.8 Å². The van der Waals surface area contributed by atoms with Crippen LogP contribution in [-0.4, -0.2) is 43.7 Å². The number of ether oxygens (including phenoxy) is 1. The van der Waals surface area contributed by atoms with E-state index in [-0.39, 0.29) is 11.0 Å². The van der Waals surface area contributed by atoms with Crippen LogP contribution in [0.3, 0.4) is 0 Å². The number of rotatable bonds is 4. The van der Waals surface area contributed by atoms with Gasteiger partial charge in [-0.2, -0.15) is 0 Å². The van der Waals surface area contributed by atoms with Crippen molar-refractivity contribution in [3.63, 3.8) is 0 Å². The van der Waals surface area contributed by atoms with E-state index in [4.69, 9.17) is 4.74 Å². The van der Waals surface area contributed by atoms with Gasteiger partial charge in [-0.25, -0.2) is 9.97 Å². The summed E-state index contributed by atoms with van der Waals surface area (Å²) in [7, 11) is 0. The monoisotopic (exact) mass is 385 g/mol. The highest BCUT2D eigenvalue weighted by Gasteiger charge is 2.23. The number of imidazole rings is 1. The maximum absolute atomic E-state index is 12.5. The maximum atomic E-state index is 12.5. The summed E-state index contributed by atoms with van der Waals surface area (Å²) in [5.41, 5.74) is 2.12. The van der Waals surface area contributed by atoms with Gasteiger partial charge in [0.15, 0.2) is 0 Å². The fraction of sp³-hybridized carbons (Fsp3) is 0.667. The lowest BCUT2D eigenvalue weighted by Crippen LogP contribution is -2.37. The Balaban J connectivity index is 1.32. The third kappa shape index (κ3) is 4.20. The van der Waals surface area contributed by atoms with E-state index in [9.17, 15) is 4.79 Å². The zero-order chi connectivity index (χ0) is 19.7. The number of piperidine rings is 1. The molecular weight excluding hydrogens is 354 g/mol. The molecule has 2 aliphatic rings. The van der Waals surface area contributed by atoms with Gasteiger partial charge in [-0.15, -0.1) is 0 Å². The molecule has 0 radical (unpaired) electrons. The fourth-order valence-electron chi connectivity index (χ4n) is 4.10. The predicted octanol–water partition coefficient (Wildman–Crippen LogP) is 2.18. The summed E-state index contributed by atoms with van der Waals surface area (Å²) in [5.74, 6) is 1.57. The number of hydrogen-bond acceptors (Lipinski definition) is 5. The quantitative estimate of drug-likeness (QED) is 0.807. The van der Waals surface area contributed by atoms with Crippen LogP contribution >= 0.6 is 0 Å². The summed E-state index contributed by atoms with van der Waals surface area (Å²) >= 11 is 0. The molecule has 0 amide bonds. The van der Waals surface area contributed by atoms with Gasteiger partial charge in [0.25, 0.3) is 5.56 Å². The largest absolute Gasteiger partial charge is 0.372 e. The highest BCUT2D eigenvalue weighted by molar-refractivity contribution is 5.10. The van der Waals surface area contributed by atoms with Crippen LogP contribution in [0.2, 0.25) is 0 Å². The Bertz CT molecular complexity index is 872. The van der Waals surface area contributed by atoms with E-state index in [0.29, 0.717) is 12.5 Å². The predicted molar refractivity (Wildman–Crippen MR) is 107 cm³/mol. The van der Waals surface area contributed by atoms with Crippen LogP contribution < -0.4 is 5.56 Å². The van der Waals surface area contributed by atoms with Crippen molar-refractivity contribution in [2.75, 3.05) is 19.7 Å². The minimum Gasteiger partial charge on any atom is -0.372 e. The SMILES string of the molecule is CC(C)(C)c1cc(=O)n(CC2CCN(Cc3cnc4n3CCOC4)CC2)cn1. The first-order valence-electron chi connectivity index (χ1n) is 10.3. The zero-order valence-corrected chi connectivity index (χ0v) is 17.2. The van der Waals surface area contributed by atoms with Gasteiger partial charge in [0, 0.05) is 37.3 Å². The van der Waals surface area contributed by atoms with Gasteiger partial charge >= 0.3 is 0 Å². The van der Waals surface area contributed by atoms with Crippen molar-refractivity contribution in [2.24, 2.45) is 5.92 Å². The molecule has 4 rings (SSSR count). The van der Waals surface area contributed by atoms with Gasteiger partial charge in [-0.05, 0) is 31.8 Å². The molecule has 0 unspecified atom stereocenters. The number of hydrogen-bond donors (Lipinski definition) is 0. The number of likely N-dealkylation sites (tertiary alicyclic amines) is 1. The third-order valence-electron chi connectivity index (χ3n) is 5.91. The summed E-state index contributed by atoms with van der Waals surface area (Å²) in [5, 5.41) is 0. The van der Waals surface area contributed by atoms with Gasteiger partial charge in [0.05, 0.1) is 24.3 Å². The van der Waals surface area contributed by atoms with E-state index in [1.807, 2.05) is 6.20 Å². The van der Waals surface area contributed by atoms with Crippen LogP contribution in [0, 0.1) is 5.92 Å². The molecule has 28 heavy (non-hydrogen) atoms. The summed E-state index contributed by atoms with van der Waals surface area (Å²) in [6, 6.07) is 1.70. The molecule has 0 N–H and O–H groups in total. The molecule has 0 saturated carbocycles. The summed E-state index contributed by atoms with van der Waals surface area (Å²) in [4.78, 5) is 24.0. The molecule has 2 aromatic rings. The zero-order valence-electron chi connectivity index (χ0n) is 17.2. The summed E-state index contributed by atoms with van der Waals surface area (Å²) in [6.45, 7) is 12.4. The summed E-state index contributed by atoms with van der Waals surface area (Å²) < 4.78 is 9.56. The first kappa shape index (κ1) is 19.3. The van der Waals surface area contributed by atoms with Gasteiger partial charge in [-0.3, -0.25) is 14.3 Å². The molecule has 7 heteroatoms. The molecule has 4 heterocycles. The molecule has 1 saturated heterocycles. The van der Waals surface area contributed by atoms with Crippen molar-refractivity contribution in [3.05, 3.63) is 46.2 Å². The fourth-order valence-corrected chi connectivity index (χ4v) is 4.10. The lowest BCUT2D eigenvalue weighted by molar-refractivity contribution is 0.0788. The van der Waals surface area contributed by atoms with Gasteiger partial charge in [0.1, 0.15) is 12.4 Å². The van der Waals surface area contributed by atoms with Gasteiger partial charge < -0.3 is 9.30 Å². The third-order valence-corrected chi connectivity index (χ3v) is 5.91. The molecule has 152 valence electrons. The smallest absolute Gasteiger partial charge is 0.253 e. The lowest BCUT2D eigenvalue weighted by Gasteiger charge is -2.32. The number of nitrogens with zero attached hydrogens (tertiary/aromatic N) is 5. The van der Waals surface area contributed by atoms with E-state index in [2.05, 4.69) is 40.2 Å². The average Bonchev–Trinajstić information content (AvgIpc) is 3.07. The van der Waals surface area contributed by atoms with Crippen molar-refractivity contribution >= 4 is 0 Å². The lowest BCUT2D eigenvalue weighted by atomic mass is 9.92. The second kappa shape index (κ2) is 7.79. The van der Waals surface area contributed by atoms with Crippen LogP contribution in [0.5, 0.6) is 0 Å². The van der Waals surface area contributed by atoms with Crippen molar-refractivity contribution in [1.82, 2.24) is 24.0 Å². The molecule has 0 aliphatic carbocycles. The molecule has 2 aromatic heterocycles. The Labute approximate surface area is 166 Å². The molecule has 7 nitrogen and oxygen atoms in total. The highest BCUT2D eigenvalue weighted by atomic mass is 16.5. The molecule has 1 fully saturated rings. The maximum Gasteiger partial charge on any atom is 0.253 e. The van der Waals surface area contributed by atoms with E-state index >= 15 is 0 Å². The summed E-state index contributed by atoms with van der Waals surface area (Å²) in [6.07, 6.45) is 5.95. The number of aromatic nitrogens is 4. The average molecular weight is 386 g/mol. The van der Waals surface area contributed by atoms with Crippen LogP contribution in [0.25, 0.3) is 0 Å². The molecule has 0 aromatic carbocycles. The Morgan fingerprint density at radius 3 is 2.68 bits per heavy atom. The molecule has 0 bridgehead atoms. The van der Waals surface area contributed by atoms with Crippen LogP contribution in [0.15, 0.2) is 23.4 Å². The minimum absolute atomic E-state index is 0.0652. The minimum atomic E-state index is -0.0947. The Morgan fingerprint density at radius 1 is 1.18 bits per heavy atom. The van der Waals surface area contributed by atoms with Crippen molar-refractivity contribution in [2.45, 2.75) is 65.3 Å². The van der Waals surface area contributed by atoms with Crippen LogP contribution in [0.1, 0.15) is 50.8 Å². The molecule has 2 aliphatic heterocycles. The second-order valence-corrected chi connectivity index (χ2v) is 9.10. The van der Waals surface area contributed by atoms with E-state index in [0.717, 1.165) is 63.7 Å². The topological polar surface area (TPSA) is 65.2 Å². The van der Waals surface area contributed by atoms with E-state index in [1.54, 1.807) is 17.0 Å². The first-order valence-corrected chi connectivity index (χ1v) is 10.3. The van der Waals surface area contributed by atoms with Crippen LogP contribution in [-0.2, 0) is 36.4 Å². The number of fused-ring (bicyclic) bond motifs is 1. The normalized spacial score (nSPS) is 19.0. The van der Waals surface area contributed by atoms with Gasteiger partial charge in [0.2, 0.25) is 0 Å². The Hall–Kier alpha value is -1.99. The Kier molecular flexibility index (Phi) is 5.38. The van der Waals surface area contributed by atoms with Crippen molar-refractivity contribution < 1.29 is 4.74 Å². The molecular formula is C21H31N5O2.